The van der Waals surface area contributed by atoms with Crippen LogP contribution in [0.25, 0.3) is 0 Å². The molecule has 3 heterocycles. The second-order valence-corrected chi connectivity index (χ2v) is 6.35. The SMILES string of the molecule is Cc1ccc(CN[C@H]2CCO[C@@H]2c2nccn2C)s1. The van der Waals surface area contributed by atoms with Crippen molar-refractivity contribution >= 4 is 11.3 Å². The fraction of sp³-hybridized carbons (Fsp3) is 0.500. The van der Waals surface area contributed by atoms with Crippen molar-refractivity contribution in [1.29, 1.82) is 0 Å². The van der Waals surface area contributed by atoms with E-state index < -0.39 is 0 Å². The van der Waals surface area contributed by atoms with E-state index in [2.05, 4.69) is 29.4 Å². The smallest absolute Gasteiger partial charge is 0.139 e. The Bertz CT molecular complexity index is 548. The highest BCUT2D eigenvalue weighted by Crippen LogP contribution is 2.28. The molecule has 0 bridgehead atoms. The molecule has 2 aromatic rings. The molecule has 2 aromatic heterocycles. The monoisotopic (exact) mass is 277 g/mol. The molecule has 0 amide bonds. The first-order chi connectivity index (χ1) is 9.24. The molecule has 0 aliphatic carbocycles. The number of hydrogen-bond donors (Lipinski definition) is 1. The Morgan fingerprint density at radius 1 is 1.53 bits per heavy atom. The van der Waals surface area contributed by atoms with E-state index in [9.17, 15) is 0 Å². The van der Waals surface area contributed by atoms with Gasteiger partial charge in [-0.1, -0.05) is 0 Å². The molecule has 3 rings (SSSR count). The topological polar surface area (TPSA) is 39.1 Å². The average Bonchev–Trinajstić information content (AvgIpc) is 3.07. The zero-order valence-electron chi connectivity index (χ0n) is 11.3. The van der Waals surface area contributed by atoms with Gasteiger partial charge in [0.1, 0.15) is 11.9 Å². The van der Waals surface area contributed by atoms with Crippen molar-refractivity contribution in [3.05, 3.63) is 40.1 Å². The first kappa shape index (κ1) is 12.8. The van der Waals surface area contributed by atoms with Crippen LogP contribution in [0, 0.1) is 6.92 Å². The molecule has 0 aromatic carbocycles. The summed E-state index contributed by atoms with van der Waals surface area (Å²) in [6, 6.07) is 4.71. The Balaban J connectivity index is 1.65. The molecule has 0 unspecified atom stereocenters. The van der Waals surface area contributed by atoms with Crippen molar-refractivity contribution < 1.29 is 4.74 Å². The number of nitrogens with zero attached hydrogens (tertiary/aromatic N) is 2. The summed E-state index contributed by atoms with van der Waals surface area (Å²) in [4.78, 5) is 7.15. The van der Waals surface area contributed by atoms with Crippen LogP contribution in [0.1, 0.15) is 28.1 Å². The zero-order chi connectivity index (χ0) is 13.2. The van der Waals surface area contributed by atoms with E-state index in [0.717, 1.165) is 25.4 Å². The van der Waals surface area contributed by atoms with Gasteiger partial charge in [0.15, 0.2) is 0 Å². The number of aromatic nitrogens is 2. The second kappa shape index (κ2) is 5.45. The Labute approximate surface area is 117 Å². The number of rotatable bonds is 4. The molecule has 102 valence electrons. The molecule has 1 aliphatic heterocycles. The van der Waals surface area contributed by atoms with E-state index in [0.29, 0.717) is 6.04 Å². The molecule has 0 radical (unpaired) electrons. The summed E-state index contributed by atoms with van der Waals surface area (Å²) in [6.45, 7) is 3.86. The van der Waals surface area contributed by atoms with E-state index in [4.69, 9.17) is 4.74 Å². The third kappa shape index (κ3) is 2.73. The zero-order valence-corrected chi connectivity index (χ0v) is 12.1. The molecule has 1 fully saturated rings. The van der Waals surface area contributed by atoms with Crippen molar-refractivity contribution in [2.24, 2.45) is 7.05 Å². The van der Waals surface area contributed by atoms with Crippen LogP contribution in [0.3, 0.4) is 0 Å². The van der Waals surface area contributed by atoms with Crippen LogP contribution >= 0.6 is 11.3 Å². The summed E-state index contributed by atoms with van der Waals surface area (Å²) in [5, 5.41) is 3.61. The molecular formula is C14H19N3OS. The van der Waals surface area contributed by atoms with Crippen molar-refractivity contribution in [3.63, 3.8) is 0 Å². The lowest BCUT2D eigenvalue weighted by molar-refractivity contribution is 0.0893. The van der Waals surface area contributed by atoms with Crippen molar-refractivity contribution in [1.82, 2.24) is 14.9 Å². The van der Waals surface area contributed by atoms with Gasteiger partial charge in [0.25, 0.3) is 0 Å². The Hall–Kier alpha value is -1.17. The highest BCUT2D eigenvalue weighted by Gasteiger charge is 2.31. The number of aryl methyl sites for hydroxylation is 2. The van der Waals surface area contributed by atoms with Crippen LogP contribution in [-0.2, 0) is 18.3 Å². The number of ether oxygens (including phenoxy) is 1. The van der Waals surface area contributed by atoms with Crippen LogP contribution in [0.5, 0.6) is 0 Å². The van der Waals surface area contributed by atoms with Crippen LogP contribution in [0.15, 0.2) is 24.5 Å². The largest absolute Gasteiger partial charge is 0.369 e. The van der Waals surface area contributed by atoms with Crippen molar-refractivity contribution in [2.45, 2.75) is 32.0 Å². The summed E-state index contributed by atoms with van der Waals surface area (Å²) in [7, 11) is 2.02. The molecule has 1 aliphatic rings. The fourth-order valence-corrected chi connectivity index (χ4v) is 3.36. The van der Waals surface area contributed by atoms with Crippen LogP contribution in [0.4, 0.5) is 0 Å². The summed E-state index contributed by atoms with van der Waals surface area (Å²) in [6.07, 6.45) is 4.91. The lowest BCUT2D eigenvalue weighted by atomic mass is 10.1. The minimum atomic E-state index is 0.0704. The maximum Gasteiger partial charge on any atom is 0.139 e. The average molecular weight is 277 g/mol. The van der Waals surface area contributed by atoms with E-state index in [1.54, 1.807) is 0 Å². The third-order valence-electron chi connectivity index (χ3n) is 3.54. The summed E-state index contributed by atoms with van der Waals surface area (Å²) in [5.41, 5.74) is 0. The minimum absolute atomic E-state index is 0.0704. The Kier molecular flexibility index (Phi) is 3.68. The molecule has 2 atom stereocenters. The Morgan fingerprint density at radius 2 is 2.42 bits per heavy atom. The fourth-order valence-electron chi connectivity index (χ4n) is 2.52. The first-order valence-electron chi connectivity index (χ1n) is 6.61. The molecule has 19 heavy (non-hydrogen) atoms. The summed E-state index contributed by atoms with van der Waals surface area (Å²) >= 11 is 1.85. The number of nitrogens with one attached hydrogen (secondary N) is 1. The van der Waals surface area contributed by atoms with E-state index in [1.807, 2.05) is 35.3 Å². The van der Waals surface area contributed by atoms with Gasteiger partial charge in [-0.3, -0.25) is 0 Å². The standard InChI is InChI=1S/C14H19N3OS/c1-10-3-4-11(19-10)9-16-12-5-8-18-13(12)14-15-6-7-17(14)2/h3-4,6-7,12-13,16H,5,8-9H2,1-2H3/t12-,13-/m0/s1. The molecule has 0 spiro atoms. The molecule has 4 nitrogen and oxygen atoms in total. The number of hydrogen-bond acceptors (Lipinski definition) is 4. The maximum atomic E-state index is 5.84. The number of imidazole rings is 1. The Morgan fingerprint density at radius 3 is 3.11 bits per heavy atom. The lowest BCUT2D eigenvalue weighted by Crippen LogP contribution is -2.32. The first-order valence-corrected chi connectivity index (χ1v) is 7.43. The second-order valence-electron chi connectivity index (χ2n) is 4.98. The van der Waals surface area contributed by atoms with Crippen molar-refractivity contribution in [2.75, 3.05) is 6.61 Å². The van der Waals surface area contributed by atoms with E-state index in [1.165, 1.54) is 9.75 Å². The normalized spacial score (nSPS) is 23.1. The molecule has 0 saturated carbocycles. The van der Waals surface area contributed by atoms with Gasteiger partial charge in [0.05, 0.1) is 0 Å². The maximum absolute atomic E-state index is 5.84. The van der Waals surface area contributed by atoms with Crippen LogP contribution in [0.2, 0.25) is 0 Å². The summed E-state index contributed by atoms with van der Waals surface area (Å²) in [5.74, 6) is 1.01. The highest BCUT2D eigenvalue weighted by molar-refractivity contribution is 7.11. The van der Waals surface area contributed by atoms with Gasteiger partial charge in [-0.05, 0) is 25.5 Å². The van der Waals surface area contributed by atoms with Crippen LogP contribution in [-0.4, -0.2) is 22.2 Å². The molecular weight excluding hydrogens is 258 g/mol. The molecule has 5 heteroatoms. The predicted molar refractivity (Wildman–Crippen MR) is 76.2 cm³/mol. The molecule has 1 N–H and O–H groups in total. The van der Waals surface area contributed by atoms with Gasteiger partial charge in [-0.15, -0.1) is 11.3 Å². The van der Waals surface area contributed by atoms with Crippen molar-refractivity contribution in [3.8, 4) is 0 Å². The van der Waals surface area contributed by atoms with Gasteiger partial charge in [0, 0.05) is 48.4 Å². The van der Waals surface area contributed by atoms with E-state index >= 15 is 0 Å². The summed E-state index contributed by atoms with van der Waals surface area (Å²) < 4.78 is 7.88. The van der Waals surface area contributed by atoms with Gasteiger partial charge >= 0.3 is 0 Å². The predicted octanol–water partition coefficient (Wildman–Crippen LogP) is 2.41. The molecule has 1 saturated heterocycles. The van der Waals surface area contributed by atoms with Gasteiger partial charge in [0.2, 0.25) is 0 Å². The quantitative estimate of drug-likeness (QED) is 0.933. The number of thiophene rings is 1. The highest BCUT2D eigenvalue weighted by atomic mass is 32.1. The van der Waals surface area contributed by atoms with E-state index in [-0.39, 0.29) is 6.10 Å². The minimum Gasteiger partial charge on any atom is -0.369 e. The van der Waals surface area contributed by atoms with Crippen LogP contribution < -0.4 is 5.32 Å². The lowest BCUT2D eigenvalue weighted by Gasteiger charge is -2.19. The van der Waals surface area contributed by atoms with Gasteiger partial charge in [-0.2, -0.15) is 0 Å². The van der Waals surface area contributed by atoms with Gasteiger partial charge in [-0.25, -0.2) is 4.98 Å². The van der Waals surface area contributed by atoms with Gasteiger partial charge < -0.3 is 14.6 Å². The third-order valence-corrected chi connectivity index (χ3v) is 4.54.